The zero-order valence-corrected chi connectivity index (χ0v) is 10.8. The predicted molar refractivity (Wildman–Crippen MR) is 66.2 cm³/mol. The van der Waals surface area contributed by atoms with Crippen LogP contribution in [0, 0.1) is 5.82 Å². The minimum absolute atomic E-state index is 0.0593. The molecule has 1 aromatic rings. The van der Waals surface area contributed by atoms with Crippen LogP contribution in [0.5, 0.6) is 5.75 Å². The van der Waals surface area contributed by atoms with E-state index in [1.807, 2.05) is 0 Å². The van der Waals surface area contributed by atoms with Crippen molar-refractivity contribution in [3.8, 4) is 5.75 Å². The fourth-order valence-corrected chi connectivity index (χ4v) is 2.04. The van der Waals surface area contributed by atoms with Crippen LogP contribution < -0.4 is 4.74 Å². The van der Waals surface area contributed by atoms with Crippen molar-refractivity contribution < 1.29 is 28.6 Å². The quantitative estimate of drug-likeness (QED) is 0.886. The number of benzene rings is 1. The number of ether oxygens (including phenoxy) is 2. The SMILES string of the molecule is COc1cccc(C(=O)N2CCOC[C@H]2C(=O)O)c1F. The average Bonchev–Trinajstić information content (AvgIpc) is 2.46. The molecule has 1 aliphatic heterocycles. The lowest BCUT2D eigenvalue weighted by atomic mass is 10.1. The van der Waals surface area contributed by atoms with Crippen LogP contribution in [0.25, 0.3) is 0 Å². The molecular weight excluding hydrogens is 269 g/mol. The van der Waals surface area contributed by atoms with E-state index in [1.165, 1.54) is 25.3 Å². The molecule has 1 atom stereocenters. The topological polar surface area (TPSA) is 76.1 Å². The van der Waals surface area contributed by atoms with Gasteiger partial charge in [0.2, 0.25) is 0 Å². The lowest BCUT2D eigenvalue weighted by Crippen LogP contribution is -2.52. The number of morpholine rings is 1. The largest absolute Gasteiger partial charge is 0.494 e. The molecule has 0 aromatic heterocycles. The number of hydrogen-bond acceptors (Lipinski definition) is 4. The van der Waals surface area contributed by atoms with Gasteiger partial charge in [-0.1, -0.05) is 6.07 Å². The van der Waals surface area contributed by atoms with Gasteiger partial charge in [0.25, 0.3) is 5.91 Å². The van der Waals surface area contributed by atoms with Gasteiger partial charge in [-0.05, 0) is 12.1 Å². The van der Waals surface area contributed by atoms with Crippen molar-refractivity contribution in [2.75, 3.05) is 26.9 Å². The van der Waals surface area contributed by atoms with E-state index in [-0.39, 0.29) is 31.1 Å². The highest BCUT2D eigenvalue weighted by molar-refractivity contribution is 5.97. The third kappa shape index (κ3) is 2.57. The summed E-state index contributed by atoms with van der Waals surface area (Å²) in [5.41, 5.74) is -0.211. The summed E-state index contributed by atoms with van der Waals surface area (Å²) < 4.78 is 23.9. The van der Waals surface area contributed by atoms with Crippen LogP contribution >= 0.6 is 0 Å². The molecule has 6 nitrogen and oxygen atoms in total. The predicted octanol–water partition coefficient (Wildman–Crippen LogP) is 0.760. The molecule has 0 bridgehead atoms. The van der Waals surface area contributed by atoms with E-state index in [4.69, 9.17) is 14.6 Å². The Bertz CT molecular complexity index is 533. The first-order valence-corrected chi connectivity index (χ1v) is 6.00. The molecule has 20 heavy (non-hydrogen) atoms. The lowest BCUT2D eigenvalue weighted by molar-refractivity contribution is -0.147. The Hall–Kier alpha value is -2.15. The Balaban J connectivity index is 2.32. The van der Waals surface area contributed by atoms with E-state index >= 15 is 0 Å². The van der Waals surface area contributed by atoms with Crippen molar-refractivity contribution in [1.82, 2.24) is 4.90 Å². The van der Waals surface area contributed by atoms with Crippen LogP contribution in [-0.4, -0.2) is 54.8 Å². The molecule has 1 fully saturated rings. The average molecular weight is 283 g/mol. The van der Waals surface area contributed by atoms with Crippen LogP contribution in [0.3, 0.4) is 0 Å². The van der Waals surface area contributed by atoms with Gasteiger partial charge in [-0.3, -0.25) is 4.79 Å². The second kappa shape index (κ2) is 5.87. The van der Waals surface area contributed by atoms with Crippen molar-refractivity contribution >= 4 is 11.9 Å². The first-order chi connectivity index (χ1) is 9.56. The highest BCUT2D eigenvalue weighted by Gasteiger charge is 2.34. The number of hydrogen-bond donors (Lipinski definition) is 1. The van der Waals surface area contributed by atoms with Gasteiger partial charge in [-0.25, -0.2) is 9.18 Å². The first-order valence-electron chi connectivity index (χ1n) is 6.00. The van der Waals surface area contributed by atoms with Crippen molar-refractivity contribution in [3.63, 3.8) is 0 Å². The molecular formula is C13H14FNO5. The number of nitrogens with zero attached hydrogens (tertiary/aromatic N) is 1. The van der Waals surface area contributed by atoms with Gasteiger partial charge in [0.1, 0.15) is 0 Å². The summed E-state index contributed by atoms with van der Waals surface area (Å²) in [7, 11) is 1.29. The van der Waals surface area contributed by atoms with Crippen molar-refractivity contribution in [2.24, 2.45) is 0 Å². The van der Waals surface area contributed by atoms with E-state index in [2.05, 4.69) is 0 Å². The molecule has 1 amide bonds. The highest BCUT2D eigenvalue weighted by Crippen LogP contribution is 2.22. The molecule has 108 valence electrons. The molecule has 0 saturated carbocycles. The molecule has 0 spiro atoms. The Morgan fingerprint density at radius 2 is 2.25 bits per heavy atom. The van der Waals surface area contributed by atoms with Gasteiger partial charge < -0.3 is 19.5 Å². The fourth-order valence-electron chi connectivity index (χ4n) is 2.04. The van der Waals surface area contributed by atoms with Crippen molar-refractivity contribution in [3.05, 3.63) is 29.6 Å². The Morgan fingerprint density at radius 1 is 1.50 bits per heavy atom. The normalized spacial score (nSPS) is 18.7. The molecule has 0 unspecified atom stereocenters. The number of methoxy groups -OCH3 is 1. The summed E-state index contributed by atoms with van der Waals surface area (Å²) in [6.07, 6.45) is 0. The standard InChI is InChI=1S/C13H14FNO5/c1-19-10-4-2-3-8(11(10)14)12(16)15-5-6-20-7-9(15)13(17)18/h2-4,9H,5-7H2,1H3,(H,17,18)/t9-/m0/s1. The Labute approximate surface area is 114 Å². The summed E-state index contributed by atoms with van der Waals surface area (Å²) in [4.78, 5) is 24.5. The third-order valence-corrected chi connectivity index (χ3v) is 3.09. The summed E-state index contributed by atoms with van der Waals surface area (Å²) in [5, 5.41) is 9.08. The maximum atomic E-state index is 14.1. The van der Waals surface area contributed by atoms with Crippen molar-refractivity contribution in [1.29, 1.82) is 0 Å². The molecule has 1 aromatic carbocycles. The van der Waals surface area contributed by atoms with Gasteiger partial charge in [-0.15, -0.1) is 0 Å². The number of carbonyl (C=O) groups excluding carboxylic acids is 1. The first kappa shape index (κ1) is 14.3. The molecule has 1 aliphatic rings. The van der Waals surface area contributed by atoms with E-state index in [0.29, 0.717) is 0 Å². The van der Waals surface area contributed by atoms with Crippen LogP contribution in [0.4, 0.5) is 4.39 Å². The number of carboxylic acids is 1. The van der Waals surface area contributed by atoms with Gasteiger partial charge in [0.05, 0.1) is 25.9 Å². The smallest absolute Gasteiger partial charge is 0.328 e. The number of carboxylic acid groups (broad SMARTS) is 1. The van der Waals surface area contributed by atoms with Gasteiger partial charge in [-0.2, -0.15) is 0 Å². The lowest BCUT2D eigenvalue weighted by Gasteiger charge is -2.33. The maximum absolute atomic E-state index is 14.1. The summed E-state index contributed by atoms with van der Waals surface area (Å²) in [6.45, 7) is 0.222. The zero-order valence-electron chi connectivity index (χ0n) is 10.8. The number of aliphatic carboxylic acids is 1. The van der Waals surface area contributed by atoms with Crippen LogP contribution in [0.2, 0.25) is 0 Å². The third-order valence-electron chi connectivity index (χ3n) is 3.09. The van der Waals surface area contributed by atoms with Gasteiger partial charge in [0, 0.05) is 6.54 Å². The maximum Gasteiger partial charge on any atom is 0.328 e. The fraction of sp³-hybridized carbons (Fsp3) is 0.385. The van der Waals surface area contributed by atoms with E-state index in [1.54, 1.807) is 0 Å². The Morgan fingerprint density at radius 3 is 2.90 bits per heavy atom. The summed E-state index contributed by atoms with van der Waals surface area (Å²) in [5.74, 6) is -2.72. The number of rotatable bonds is 3. The number of halogens is 1. The number of carbonyl (C=O) groups is 2. The van der Waals surface area contributed by atoms with E-state index in [9.17, 15) is 14.0 Å². The molecule has 0 radical (unpaired) electrons. The van der Waals surface area contributed by atoms with E-state index < -0.39 is 23.7 Å². The Kier molecular flexibility index (Phi) is 4.19. The molecule has 7 heteroatoms. The molecule has 1 saturated heterocycles. The molecule has 1 N–H and O–H groups in total. The monoisotopic (exact) mass is 283 g/mol. The zero-order chi connectivity index (χ0) is 14.7. The van der Waals surface area contributed by atoms with Gasteiger partial charge in [0.15, 0.2) is 17.6 Å². The summed E-state index contributed by atoms with van der Waals surface area (Å²) >= 11 is 0. The van der Waals surface area contributed by atoms with E-state index in [0.717, 1.165) is 4.90 Å². The highest BCUT2D eigenvalue weighted by atomic mass is 19.1. The molecule has 2 rings (SSSR count). The van der Waals surface area contributed by atoms with Gasteiger partial charge >= 0.3 is 5.97 Å². The molecule has 1 heterocycles. The number of amides is 1. The molecule has 0 aliphatic carbocycles. The summed E-state index contributed by atoms with van der Waals surface area (Å²) in [6, 6.07) is 3.06. The second-order valence-corrected chi connectivity index (χ2v) is 4.25. The van der Waals surface area contributed by atoms with Crippen LogP contribution in [-0.2, 0) is 9.53 Å². The minimum atomic E-state index is -1.18. The van der Waals surface area contributed by atoms with Crippen LogP contribution in [0.1, 0.15) is 10.4 Å². The minimum Gasteiger partial charge on any atom is -0.494 e. The van der Waals surface area contributed by atoms with Crippen molar-refractivity contribution in [2.45, 2.75) is 6.04 Å². The second-order valence-electron chi connectivity index (χ2n) is 4.25. The van der Waals surface area contributed by atoms with Crippen LogP contribution in [0.15, 0.2) is 18.2 Å².